The number of hydrogen-bond acceptors (Lipinski definition) is 2. The van der Waals surface area contributed by atoms with Crippen LogP contribution in [0, 0.1) is 5.92 Å². The van der Waals surface area contributed by atoms with Gasteiger partial charge in [-0.05, 0) is 60.5 Å². The van der Waals surface area contributed by atoms with Gasteiger partial charge in [0.25, 0.3) is 0 Å². The first kappa shape index (κ1) is 15.5. The lowest BCUT2D eigenvalue weighted by atomic mass is 9.71. The smallest absolute Gasteiger partial charge is 0.0926 e. The maximum Gasteiger partial charge on any atom is 0.0926 e. The van der Waals surface area contributed by atoms with E-state index in [1.54, 1.807) is 0 Å². The lowest BCUT2D eigenvalue weighted by molar-refractivity contribution is 0.223. The van der Waals surface area contributed by atoms with E-state index < -0.39 is 0 Å². The Morgan fingerprint density at radius 3 is 2.54 bits per heavy atom. The largest absolute Gasteiger partial charge is 0.512 e. The molecule has 0 aliphatic heterocycles. The Balaban J connectivity index is 1.81. The summed E-state index contributed by atoms with van der Waals surface area (Å²) in [6, 6.07) is 0. The Labute approximate surface area is 143 Å². The topological polar surface area (TPSA) is 40.5 Å². The van der Waals surface area contributed by atoms with Crippen LogP contribution in [0.1, 0.15) is 38.5 Å². The summed E-state index contributed by atoms with van der Waals surface area (Å²) in [7, 11) is 0. The van der Waals surface area contributed by atoms with Crippen LogP contribution in [0.15, 0.2) is 82.2 Å². The molecule has 0 aromatic rings. The van der Waals surface area contributed by atoms with Crippen molar-refractivity contribution in [1.29, 1.82) is 0 Å². The van der Waals surface area contributed by atoms with Gasteiger partial charge in [-0.15, -0.1) is 0 Å². The van der Waals surface area contributed by atoms with E-state index in [1.807, 2.05) is 12.2 Å². The summed E-state index contributed by atoms with van der Waals surface area (Å²) in [5, 5.41) is 19.7. The van der Waals surface area contributed by atoms with Gasteiger partial charge in [0, 0.05) is 12.3 Å². The second kappa shape index (κ2) is 6.45. The van der Waals surface area contributed by atoms with Crippen molar-refractivity contribution in [3.8, 4) is 0 Å². The van der Waals surface area contributed by atoms with Gasteiger partial charge in [-0.1, -0.05) is 48.1 Å². The van der Waals surface area contributed by atoms with Crippen molar-refractivity contribution >= 4 is 0 Å². The van der Waals surface area contributed by atoms with Gasteiger partial charge in [-0.2, -0.15) is 0 Å². The zero-order valence-electron chi connectivity index (χ0n) is 13.9. The molecule has 2 N–H and O–H groups in total. The minimum absolute atomic E-state index is 0.340. The first-order valence-corrected chi connectivity index (χ1v) is 8.97. The molecule has 2 atom stereocenters. The summed E-state index contributed by atoms with van der Waals surface area (Å²) in [5.74, 6) is 0.945. The fourth-order valence-corrected chi connectivity index (χ4v) is 4.23. The van der Waals surface area contributed by atoms with Crippen LogP contribution in [0.25, 0.3) is 0 Å². The molecule has 24 heavy (non-hydrogen) atoms. The molecule has 4 rings (SSSR count). The molecule has 0 spiro atoms. The van der Waals surface area contributed by atoms with Gasteiger partial charge in [0.15, 0.2) is 0 Å². The van der Waals surface area contributed by atoms with E-state index in [0.717, 1.165) is 32.1 Å². The minimum atomic E-state index is -0.340. The third-order valence-corrected chi connectivity index (χ3v) is 5.43. The Hall–Kier alpha value is -2.06. The molecule has 4 aliphatic carbocycles. The van der Waals surface area contributed by atoms with Crippen molar-refractivity contribution in [2.24, 2.45) is 5.92 Å². The van der Waals surface area contributed by atoms with Crippen LogP contribution in [0.3, 0.4) is 0 Å². The predicted octanol–water partition coefficient (Wildman–Crippen LogP) is 4.99. The molecule has 2 nitrogen and oxygen atoms in total. The highest BCUT2D eigenvalue weighted by atomic mass is 16.3. The van der Waals surface area contributed by atoms with Crippen LogP contribution in [0.2, 0.25) is 0 Å². The van der Waals surface area contributed by atoms with Crippen molar-refractivity contribution in [3.63, 3.8) is 0 Å². The highest BCUT2D eigenvalue weighted by Gasteiger charge is 2.29. The fraction of sp³-hybridized carbons (Fsp3) is 0.364. The van der Waals surface area contributed by atoms with Gasteiger partial charge >= 0.3 is 0 Å². The average molecular weight is 320 g/mol. The van der Waals surface area contributed by atoms with Gasteiger partial charge in [0.1, 0.15) is 0 Å². The lowest BCUT2D eigenvalue weighted by Gasteiger charge is -2.34. The Kier molecular flexibility index (Phi) is 4.15. The van der Waals surface area contributed by atoms with Gasteiger partial charge in [0.2, 0.25) is 0 Å². The number of aliphatic hydroxyl groups is 2. The van der Waals surface area contributed by atoms with Crippen molar-refractivity contribution in [2.45, 2.75) is 44.6 Å². The second-order valence-electron chi connectivity index (χ2n) is 7.02. The van der Waals surface area contributed by atoms with Crippen molar-refractivity contribution < 1.29 is 10.2 Å². The van der Waals surface area contributed by atoms with E-state index in [-0.39, 0.29) is 6.10 Å². The Morgan fingerprint density at radius 1 is 0.917 bits per heavy atom. The molecule has 0 fully saturated rings. The molecule has 2 unspecified atom stereocenters. The van der Waals surface area contributed by atoms with Crippen molar-refractivity contribution in [2.75, 3.05) is 0 Å². The van der Waals surface area contributed by atoms with Crippen LogP contribution < -0.4 is 0 Å². The number of aliphatic hydroxyl groups excluding tert-OH is 2. The van der Waals surface area contributed by atoms with E-state index in [0.29, 0.717) is 18.1 Å². The van der Waals surface area contributed by atoms with Crippen LogP contribution in [0.4, 0.5) is 0 Å². The molecule has 0 heterocycles. The molecule has 0 saturated heterocycles. The number of rotatable bonds is 2. The molecule has 4 aliphatic rings. The fourth-order valence-electron chi connectivity index (χ4n) is 4.23. The summed E-state index contributed by atoms with van der Waals surface area (Å²) in [4.78, 5) is 0. The summed E-state index contributed by atoms with van der Waals surface area (Å²) in [6.07, 6.45) is 22.2. The van der Waals surface area contributed by atoms with E-state index in [2.05, 4.69) is 36.5 Å². The van der Waals surface area contributed by atoms with E-state index >= 15 is 0 Å². The van der Waals surface area contributed by atoms with Gasteiger partial charge in [-0.3, -0.25) is 0 Å². The van der Waals surface area contributed by atoms with Crippen molar-refractivity contribution in [3.05, 3.63) is 82.2 Å². The Bertz CT molecular complexity index is 753. The third-order valence-electron chi connectivity index (χ3n) is 5.43. The number of hydrogen-bond donors (Lipinski definition) is 2. The maximum absolute atomic E-state index is 9.98. The maximum atomic E-state index is 9.98. The van der Waals surface area contributed by atoms with E-state index in [1.165, 1.54) is 27.9 Å². The molecular formula is C22H24O2. The molecule has 0 aromatic carbocycles. The zero-order chi connectivity index (χ0) is 16.5. The van der Waals surface area contributed by atoms with Crippen molar-refractivity contribution in [1.82, 2.24) is 0 Å². The first-order chi connectivity index (χ1) is 11.7. The quantitative estimate of drug-likeness (QED) is 0.752. The summed E-state index contributed by atoms with van der Waals surface area (Å²) in [5.41, 5.74) is 6.86. The molecule has 0 radical (unpaired) electrons. The van der Waals surface area contributed by atoms with E-state index in [4.69, 9.17) is 0 Å². The second-order valence-corrected chi connectivity index (χ2v) is 7.02. The molecule has 0 amide bonds. The summed E-state index contributed by atoms with van der Waals surface area (Å²) >= 11 is 0. The minimum Gasteiger partial charge on any atom is -0.512 e. The molecule has 0 saturated carbocycles. The highest BCUT2D eigenvalue weighted by Crippen LogP contribution is 2.45. The van der Waals surface area contributed by atoms with E-state index in [9.17, 15) is 10.2 Å². The van der Waals surface area contributed by atoms with Crippen LogP contribution in [-0.4, -0.2) is 16.3 Å². The summed E-state index contributed by atoms with van der Waals surface area (Å²) < 4.78 is 0. The lowest BCUT2D eigenvalue weighted by Crippen LogP contribution is -2.19. The Morgan fingerprint density at radius 2 is 1.79 bits per heavy atom. The molecular weight excluding hydrogens is 296 g/mol. The van der Waals surface area contributed by atoms with Gasteiger partial charge in [0.05, 0.1) is 11.9 Å². The molecule has 0 bridgehead atoms. The number of allylic oxidation sites excluding steroid dienone is 12. The van der Waals surface area contributed by atoms with Gasteiger partial charge in [-0.25, -0.2) is 0 Å². The zero-order valence-corrected chi connectivity index (χ0v) is 13.9. The SMILES string of the molecule is OC1=CC=C(C2=C(C3C=CC=CC3)CCC3=CC(O)CC=C32)CC1. The van der Waals surface area contributed by atoms with Gasteiger partial charge < -0.3 is 10.2 Å². The standard InChI is InChI=1S/C22H24O2/c23-18-9-6-16(7-10-18)22-20(15-4-2-1-3-5-15)12-8-17-14-19(24)11-13-21(17)22/h1-4,6,9,13-15,19,23-24H,5,7-8,10-12H2. The monoisotopic (exact) mass is 320 g/mol. The van der Waals surface area contributed by atoms with Crippen LogP contribution in [-0.2, 0) is 0 Å². The average Bonchev–Trinajstić information content (AvgIpc) is 2.62. The number of fused-ring (bicyclic) bond motifs is 1. The van der Waals surface area contributed by atoms with Crippen LogP contribution >= 0.6 is 0 Å². The third kappa shape index (κ3) is 2.87. The molecule has 124 valence electrons. The normalized spacial score (nSPS) is 29.5. The molecule has 2 heteroatoms. The predicted molar refractivity (Wildman–Crippen MR) is 97.5 cm³/mol. The first-order valence-electron chi connectivity index (χ1n) is 8.97. The van der Waals surface area contributed by atoms with Crippen LogP contribution in [0.5, 0.6) is 0 Å². The highest BCUT2D eigenvalue weighted by molar-refractivity contribution is 5.63. The summed E-state index contributed by atoms with van der Waals surface area (Å²) in [6.45, 7) is 0. The molecule has 0 aromatic heterocycles.